The van der Waals surface area contributed by atoms with Crippen LogP contribution in [0.25, 0.3) is 0 Å². The number of carbonyl (C=O) groups is 1. The summed E-state index contributed by atoms with van der Waals surface area (Å²) in [6, 6.07) is 6.62. The number of sulfonamides is 1. The third-order valence-corrected chi connectivity index (χ3v) is 6.97. The number of aryl methyl sites for hydroxylation is 2. The van der Waals surface area contributed by atoms with Gasteiger partial charge in [-0.1, -0.05) is 18.5 Å². The Morgan fingerprint density at radius 2 is 2.04 bits per heavy atom. The molecule has 0 saturated carbocycles. The zero-order valence-electron chi connectivity index (χ0n) is 15.7. The zero-order valence-corrected chi connectivity index (χ0v) is 17.3. The van der Waals surface area contributed by atoms with Gasteiger partial charge in [0.15, 0.2) is 0 Å². The van der Waals surface area contributed by atoms with Gasteiger partial charge in [-0.05, 0) is 55.5 Å². The van der Waals surface area contributed by atoms with Crippen molar-refractivity contribution in [1.82, 2.24) is 8.87 Å². The monoisotopic (exact) mass is 409 g/mol. The SMILES string of the molecule is Cc1cc(Cl)ccc1NC(=O)c1cc(S(=O)(=O)N2CCC[C@@H](C)C2)cn1C. The molecular weight excluding hydrogens is 386 g/mol. The fourth-order valence-electron chi connectivity index (χ4n) is 3.37. The second kappa shape index (κ2) is 7.66. The van der Waals surface area contributed by atoms with Crippen molar-refractivity contribution in [1.29, 1.82) is 0 Å². The van der Waals surface area contributed by atoms with E-state index in [0.717, 1.165) is 18.4 Å². The van der Waals surface area contributed by atoms with Crippen molar-refractivity contribution in [3.05, 3.63) is 46.7 Å². The zero-order chi connectivity index (χ0) is 19.8. The number of hydrogen-bond acceptors (Lipinski definition) is 3. The van der Waals surface area contributed by atoms with Gasteiger partial charge in [-0.25, -0.2) is 8.42 Å². The molecule has 27 heavy (non-hydrogen) atoms. The van der Waals surface area contributed by atoms with Crippen LogP contribution in [0.4, 0.5) is 5.69 Å². The van der Waals surface area contributed by atoms with E-state index in [2.05, 4.69) is 12.2 Å². The van der Waals surface area contributed by atoms with E-state index in [1.165, 1.54) is 16.6 Å². The molecule has 1 amide bonds. The van der Waals surface area contributed by atoms with E-state index in [1.807, 2.05) is 6.92 Å². The highest BCUT2D eigenvalue weighted by Gasteiger charge is 2.30. The maximum absolute atomic E-state index is 12.9. The second-order valence-electron chi connectivity index (χ2n) is 7.20. The molecular formula is C19H24ClN3O3S. The normalized spacial score (nSPS) is 18.4. The lowest BCUT2D eigenvalue weighted by molar-refractivity contribution is 0.101. The van der Waals surface area contributed by atoms with Crippen LogP contribution in [0, 0.1) is 12.8 Å². The van der Waals surface area contributed by atoms with Crippen LogP contribution in [0.5, 0.6) is 0 Å². The fourth-order valence-corrected chi connectivity index (χ4v) is 5.27. The highest BCUT2D eigenvalue weighted by atomic mass is 35.5. The van der Waals surface area contributed by atoms with Crippen LogP contribution >= 0.6 is 11.6 Å². The van der Waals surface area contributed by atoms with Crippen LogP contribution in [0.2, 0.25) is 5.02 Å². The number of benzene rings is 1. The smallest absolute Gasteiger partial charge is 0.272 e. The lowest BCUT2D eigenvalue weighted by Gasteiger charge is -2.29. The van der Waals surface area contributed by atoms with Gasteiger partial charge in [-0.15, -0.1) is 0 Å². The van der Waals surface area contributed by atoms with Gasteiger partial charge in [0.2, 0.25) is 10.0 Å². The predicted octanol–water partition coefficient (Wildman–Crippen LogP) is 3.66. The number of halogens is 1. The second-order valence-corrected chi connectivity index (χ2v) is 9.57. The molecule has 1 atom stereocenters. The third kappa shape index (κ3) is 4.20. The number of anilines is 1. The Morgan fingerprint density at radius 3 is 2.70 bits per heavy atom. The molecule has 8 heteroatoms. The Labute approximate surface area is 165 Å². The maximum Gasteiger partial charge on any atom is 0.272 e. The van der Waals surface area contributed by atoms with E-state index in [4.69, 9.17) is 11.6 Å². The summed E-state index contributed by atoms with van der Waals surface area (Å²) >= 11 is 5.95. The van der Waals surface area contributed by atoms with Crippen molar-refractivity contribution in [2.45, 2.75) is 31.6 Å². The van der Waals surface area contributed by atoms with Crippen molar-refractivity contribution >= 4 is 33.2 Å². The molecule has 1 saturated heterocycles. The summed E-state index contributed by atoms with van der Waals surface area (Å²) in [5, 5.41) is 3.41. The topological polar surface area (TPSA) is 71.4 Å². The largest absolute Gasteiger partial charge is 0.345 e. The van der Waals surface area contributed by atoms with E-state index in [1.54, 1.807) is 29.8 Å². The lowest BCUT2D eigenvalue weighted by Crippen LogP contribution is -2.38. The van der Waals surface area contributed by atoms with Crippen LogP contribution in [-0.2, 0) is 17.1 Å². The molecule has 1 aliphatic heterocycles. The summed E-state index contributed by atoms with van der Waals surface area (Å²) in [7, 11) is -1.93. The number of carbonyl (C=O) groups excluding carboxylic acids is 1. The van der Waals surface area contributed by atoms with Crippen molar-refractivity contribution < 1.29 is 13.2 Å². The molecule has 1 N–H and O–H groups in total. The predicted molar refractivity (Wildman–Crippen MR) is 107 cm³/mol. The number of nitrogens with zero attached hydrogens (tertiary/aromatic N) is 2. The average Bonchev–Trinajstić information content (AvgIpc) is 3.00. The van der Waals surface area contributed by atoms with Crippen molar-refractivity contribution in [2.75, 3.05) is 18.4 Å². The van der Waals surface area contributed by atoms with Gasteiger partial charge in [0, 0.05) is 37.0 Å². The van der Waals surface area contributed by atoms with Crippen LogP contribution in [0.15, 0.2) is 35.4 Å². The molecule has 2 aromatic rings. The van der Waals surface area contributed by atoms with Gasteiger partial charge >= 0.3 is 0 Å². The Bertz CT molecular complexity index is 969. The molecule has 0 bridgehead atoms. The van der Waals surface area contributed by atoms with Crippen LogP contribution in [0.1, 0.15) is 35.8 Å². The highest BCUT2D eigenvalue weighted by molar-refractivity contribution is 7.89. The Hall–Kier alpha value is -1.83. The average molecular weight is 410 g/mol. The highest BCUT2D eigenvalue weighted by Crippen LogP contribution is 2.25. The van der Waals surface area contributed by atoms with E-state index in [0.29, 0.717) is 29.7 Å². The Kier molecular flexibility index (Phi) is 5.65. The van der Waals surface area contributed by atoms with Crippen LogP contribution in [-0.4, -0.2) is 36.3 Å². The molecule has 1 aromatic carbocycles. The van der Waals surface area contributed by atoms with Gasteiger partial charge in [0.1, 0.15) is 10.6 Å². The molecule has 2 heterocycles. The molecule has 1 aliphatic rings. The summed E-state index contributed by atoms with van der Waals surface area (Å²) in [4.78, 5) is 12.8. The molecule has 3 rings (SSSR count). The first-order chi connectivity index (χ1) is 12.7. The van der Waals surface area contributed by atoms with Crippen LogP contribution in [0.3, 0.4) is 0 Å². The van der Waals surface area contributed by atoms with Crippen molar-refractivity contribution in [3.63, 3.8) is 0 Å². The van der Waals surface area contributed by atoms with Crippen LogP contribution < -0.4 is 5.32 Å². The summed E-state index contributed by atoms with van der Waals surface area (Å²) in [5.41, 5.74) is 1.76. The molecule has 0 aliphatic carbocycles. The van der Waals surface area contributed by atoms with Crippen molar-refractivity contribution in [2.24, 2.45) is 13.0 Å². The third-order valence-electron chi connectivity index (χ3n) is 4.91. The first-order valence-electron chi connectivity index (χ1n) is 8.92. The van der Waals surface area contributed by atoms with E-state index in [9.17, 15) is 13.2 Å². The number of rotatable bonds is 4. The summed E-state index contributed by atoms with van der Waals surface area (Å²) in [6.07, 6.45) is 3.39. The Balaban J connectivity index is 1.84. The maximum atomic E-state index is 12.9. The Morgan fingerprint density at radius 1 is 1.30 bits per heavy atom. The van der Waals surface area contributed by atoms with Gasteiger partial charge in [-0.2, -0.15) is 4.31 Å². The molecule has 146 valence electrons. The summed E-state index contributed by atoms with van der Waals surface area (Å²) in [5.74, 6) is -0.0238. The van der Waals surface area contributed by atoms with E-state index in [-0.39, 0.29) is 16.5 Å². The first kappa shape index (κ1) is 19.9. The van der Waals surface area contributed by atoms with Crippen molar-refractivity contribution in [3.8, 4) is 0 Å². The molecule has 0 spiro atoms. The lowest BCUT2D eigenvalue weighted by atomic mass is 10.0. The number of hydrogen-bond donors (Lipinski definition) is 1. The number of aromatic nitrogens is 1. The first-order valence-corrected chi connectivity index (χ1v) is 10.7. The van der Waals surface area contributed by atoms with E-state index < -0.39 is 10.0 Å². The van der Waals surface area contributed by atoms with E-state index >= 15 is 0 Å². The number of amides is 1. The van der Waals surface area contributed by atoms with Gasteiger partial charge in [0.05, 0.1) is 0 Å². The molecule has 6 nitrogen and oxygen atoms in total. The van der Waals surface area contributed by atoms with Gasteiger partial charge < -0.3 is 9.88 Å². The number of nitrogens with one attached hydrogen (secondary N) is 1. The summed E-state index contributed by atoms with van der Waals surface area (Å²) in [6.45, 7) is 4.94. The minimum absolute atomic E-state index is 0.150. The molecule has 1 fully saturated rings. The molecule has 0 unspecified atom stereocenters. The standard InChI is InChI=1S/C19H24ClN3O3S/c1-13-5-4-8-23(11-13)27(25,26)16-10-18(22(3)12-16)19(24)21-17-7-6-15(20)9-14(17)2/h6-7,9-10,12-13H,4-5,8,11H2,1-3H3,(H,21,24)/t13-/m1/s1. The molecule has 1 aromatic heterocycles. The number of piperidine rings is 1. The minimum Gasteiger partial charge on any atom is -0.345 e. The quantitative estimate of drug-likeness (QED) is 0.837. The summed E-state index contributed by atoms with van der Waals surface area (Å²) < 4.78 is 28.9. The van der Waals surface area contributed by atoms with Gasteiger partial charge in [0.25, 0.3) is 5.91 Å². The molecule has 0 radical (unpaired) electrons. The minimum atomic E-state index is -3.60. The van der Waals surface area contributed by atoms with Gasteiger partial charge in [-0.3, -0.25) is 4.79 Å². The fraction of sp³-hybridized carbons (Fsp3) is 0.421.